The molecule has 3 rings (SSSR count). The smallest absolute Gasteiger partial charge is 0.408 e. The second-order valence-corrected chi connectivity index (χ2v) is 7.53. The van der Waals surface area contributed by atoms with Crippen LogP contribution in [0.2, 0.25) is 0 Å². The van der Waals surface area contributed by atoms with E-state index >= 15 is 0 Å². The first-order valence-corrected chi connectivity index (χ1v) is 8.05. The molecule has 2 aromatic rings. The van der Waals surface area contributed by atoms with Crippen molar-refractivity contribution >= 4 is 27.0 Å². The van der Waals surface area contributed by atoms with Crippen molar-refractivity contribution in [1.82, 2.24) is 4.57 Å². The standard InChI is InChI=1S/C16H20BrNO2/c1-16(2)8-4-5-11(16)14(17)10-6-7-12-13(9-10)20-15(19)18(12)3/h6-7,9,11,14H,4-5,8H2,1-3H3. The Balaban J connectivity index is 2.00. The van der Waals surface area contributed by atoms with E-state index in [9.17, 15) is 4.79 Å². The van der Waals surface area contributed by atoms with Crippen molar-refractivity contribution in [2.75, 3.05) is 0 Å². The number of oxazole rings is 1. The van der Waals surface area contributed by atoms with Crippen LogP contribution in [0.1, 0.15) is 43.5 Å². The lowest BCUT2D eigenvalue weighted by atomic mass is 9.78. The van der Waals surface area contributed by atoms with E-state index in [4.69, 9.17) is 4.42 Å². The van der Waals surface area contributed by atoms with Crippen LogP contribution in [0.15, 0.2) is 27.4 Å². The van der Waals surface area contributed by atoms with Crippen molar-refractivity contribution in [3.63, 3.8) is 0 Å². The summed E-state index contributed by atoms with van der Waals surface area (Å²) in [6, 6.07) is 6.08. The molecule has 0 amide bonds. The molecule has 4 heteroatoms. The van der Waals surface area contributed by atoms with Gasteiger partial charge in [-0.1, -0.05) is 42.3 Å². The minimum absolute atomic E-state index is 0.301. The Morgan fingerprint density at radius 1 is 1.45 bits per heavy atom. The molecule has 0 bridgehead atoms. The van der Waals surface area contributed by atoms with Crippen molar-refractivity contribution in [1.29, 1.82) is 0 Å². The van der Waals surface area contributed by atoms with E-state index in [1.165, 1.54) is 24.8 Å². The Kier molecular flexibility index (Phi) is 3.32. The molecule has 1 aromatic heterocycles. The van der Waals surface area contributed by atoms with Gasteiger partial charge in [0, 0.05) is 11.9 Å². The highest BCUT2D eigenvalue weighted by atomic mass is 79.9. The molecule has 0 radical (unpaired) electrons. The topological polar surface area (TPSA) is 35.1 Å². The van der Waals surface area contributed by atoms with Gasteiger partial charge < -0.3 is 4.42 Å². The van der Waals surface area contributed by atoms with Crippen LogP contribution in [0.25, 0.3) is 11.1 Å². The highest BCUT2D eigenvalue weighted by molar-refractivity contribution is 9.09. The van der Waals surface area contributed by atoms with Crippen LogP contribution >= 0.6 is 15.9 Å². The minimum Gasteiger partial charge on any atom is -0.408 e. The third-order valence-corrected chi connectivity index (χ3v) is 5.99. The number of aryl methyl sites for hydroxylation is 1. The second kappa shape index (κ2) is 4.76. The van der Waals surface area contributed by atoms with Crippen molar-refractivity contribution in [2.24, 2.45) is 18.4 Å². The summed E-state index contributed by atoms with van der Waals surface area (Å²) < 4.78 is 6.83. The molecule has 3 nitrogen and oxygen atoms in total. The Bertz CT molecular complexity index is 698. The summed E-state index contributed by atoms with van der Waals surface area (Å²) in [6.45, 7) is 4.69. The second-order valence-electron chi connectivity index (χ2n) is 6.54. The van der Waals surface area contributed by atoms with Gasteiger partial charge >= 0.3 is 5.76 Å². The number of hydrogen-bond acceptors (Lipinski definition) is 2. The molecule has 2 unspecified atom stereocenters. The van der Waals surface area contributed by atoms with E-state index in [0.717, 1.165) is 5.52 Å². The number of hydrogen-bond donors (Lipinski definition) is 0. The summed E-state index contributed by atoms with van der Waals surface area (Å²) in [7, 11) is 1.74. The van der Waals surface area contributed by atoms with Crippen molar-refractivity contribution < 1.29 is 4.42 Å². The SMILES string of the molecule is Cn1c(=O)oc2cc(C(Br)C3CCCC3(C)C)ccc21. The van der Waals surface area contributed by atoms with Crippen molar-refractivity contribution in [3.8, 4) is 0 Å². The van der Waals surface area contributed by atoms with E-state index in [-0.39, 0.29) is 5.76 Å². The Morgan fingerprint density at radius 2 is 2.20 bits per heavy atom. The lowest BCUT2D eigenvalue weighted by molar-refractivity contribution is 0.257. The molecule has 1 fully saturated rings. The van der Waals surface area contributed by atoms with E-state index in [2.05, 4.69) is 35.8 Å². The first-order chi connectivity index (χ1) is 9.40. The van der Waals surface area contributed by atoms with Crippen LogP contribution in [0, 0.1) is 11.3 Å². The molecule has 0 N–H and O–H groups in total. The van der Waals surface area contributed by atoms with Crippen LogP contribution in [0.5, 0.6) is 0 Å². The van der Waals surface area contributed by atoms with E-state index in [0.29, 0.717) is 21.7 Å². The van der Waals surface area contributed by atoms with E-state index < -0.39 is 0 Å². The van der Waals surface area contributed by atoms with Gasteiger partial charge in [0.15, 0.2) is 5.58 Å². The molecule has 0 saturated heterocycles. The predicted octanol–water partition coefficient (Wildman–Crippen LogP) is 4.39. The number of benzene rings is 1. The lowest BCUT2D eigenvalue weighted by Gasteiger charge is -2.31. The zero-order valence-corrected chi connectivity index (χ0v) is 13.7. The molecule has 1 heterocycles. The molecule has 1 aromatic carbocycles. The molecule has 0 spiro atoms. The summed E-state index contributed by atoms with van der Waals surface area (Å²) in [6.07, 6.45) is 3.82. The van der Waals surface area contributed by atoms with Crippen LogP contribution in [0.4, 0.5) is 0 Å². The zero-order valence-electron chi connectivity index (χ0n) is 12.1. The summed E-state index contributed by atoms with van der Waals surface area (Å²) >= 11 is 3.87. The Morgan fingerprint density at radius 3 is 2.85 bits per heavy atom. The highest BCUT2D eigenvalue weighted by Gasteiger charge is 2.39. The van der Waals surface area contributed by atoms with Gasteiger partial charge in [-0.15, -0.1) is 0 Å². The Labute approximate surface area is 127 Å². The number of rotatable bonds is 2. The number of nitrogens with zero attached hydrogens (tertiary/aromatic N) is 1. The van der Waals surface area contributed by atoms with Crippen molar-refractivity contribution in [2.45, 2.75) is 37.9 Å². The molecule has 20 heavy (non-hydrogen) atoms. The molecule has 2 atom stereocenters. The van der Waals surface area contributed by atoms with Gasteiger partial charge in [-0.25, -0.2) is 4.79 Å². The molecular weight excluding hydrogens is 318 g/mol. The maximum Gasteiger partial charge on any atom is 0.419 e. The number of aromatic nitrogens is 1. The van der Waals surface area contributed by atoms with E-state index in [1.54, 1.807) is 11.6 Å². The third-order valence-electron chi connectivity index (χ3n) is 4.83. The average Bonchev–Trinajstić information content (AvgIpc) is 2.89. The predicted molar refractivity (Wildman–Crippen MR) is 84.2 cm³/mol. The monoisotopic (exact) mass is 337 g/mol. The normalized spacial score (nSPS) is 23.3. The van der Waals surface area contributed by atoms with Crippen LogP contribution in [-0.2, 0) is 7.05 Å². The minimum atomic E-state index is -0.301. The zero-order chi connectivity index (χ0) is 14.5. The van der Waals surface area contributed by atoms with Gasteiger partial charge in [0.05, 0.1) is 5.52 Å². The number of fused-ring (bicyclic) bond motifs is 1. The van der Waals surface area contributed by atoms with Gasteiger partial charge in [0.25, 0.3) is 0 Å². The average molecular weight is 338 g/mol. The van der Waals surface area contributed by atoms with Crippen LogP contribution in [0.3, 0.4) is 0 Å². The molecule has 1 aliphatic rings. The van der Waals surface area contributed by atoms with Gasteiger partial charge in [-0.05, 0) is 41.9 Å². The fraction of sp³-hybridized carbons (Fsp3) is 0.562. The first kappa shape index (κ1) is 13.9. The van der Waals surface area contributed by atoms with Gasteiger partial charge in [0.1, 0.15) is 0 Å². The Hall–Kier alpha value is -1.03. The summed E-state index contributed by atoms with van der Waals surface area (Å²) in [5, 5.41) is 0. The van der Waals surface area contributed by atoms with E-state index in [1.807, 2.05) is 12.1 Å². The molecule has 108 valence electrons. The highest BCUT2D eigenvalue weighted by Crippen LogP contribution is 2.51. The molecule has 1 aliphatic carbocycles. The molecule has 0 aliphatic heterocycles. The lowest BCUT2D eigenvalue weighted by Crippen LogP contribution is -2.21. The van der Waals surface area contributed by atoms with Gasteiger partial charge in [0.2, 0.25) is 0 Å². The largest absolute Gasteiger partial charge is 0.419 e. The summed E-state index contributed by atoms with van der Waals surface area (Å²) in [5.74, 6) is 0.319. The fourth-order valence-corrected chi connectivity index (χ4v) is 4.72. The van der Waals surface area contributed by atoms with Crippen molar-refractivity contribution in [3.05, 3.63) is 34.3 Å². The van der Waals surface area contributed by atoms with Crippen LogP contribution < -0.4 is 5.76 Å². The fourth-order valence-electron chi connectivity index (χ4n) is 3.45. The maximum atomic E-state index is 11.6. The number of halogens is 1. The first-order valence-electron chi connectivity index (χ1n) is 7.14. The van der Waals surface area contributed by atoms with Gasteiger partial charge in [-0.3, -0.25) is 4.57 Å². The quantitative estimate of drug-likeness (QED) is 0.761. The van der Waals surface area contributed by atoms with Gasteiger partial charge in [-0.2, -0.15) is 0 Å². The summed E-state index contributed by atoms with van der Waals surface area (Å²) in [4.78, 5) is 11.9. The molecule has 1 saturated carbocycles. The summed E-state index contributed by atoms with van der Waals surface area (Å²) in [5.41, 5.74) is 3.09. The third kappa shape index (κ3) is 2.14. The van der Waals surface area contributed by atoms with Crippen LogP contribution in [-0.4, -0.2) is 4.57 Å². The maximum absolute atomic E-state index is 11.6. The number of alkyl halides is 1. The molecular formula is C16H20BrNO2.